The van der Waals surface area contributed by atoms with Crippen LogP contribution in [0.15, 0.2) is 0 Å². The third-order valence-corrected chi connectivity index (χ3v) is 1.66. The van der Waals surface area contributed by atoms with E-state index in [0.29, 0.717) is 0 Å². The summed E-state index contributed by atoms with van der Waals surface area (Å²) in [6, 6.07) is 0. The number of rotatable bonds is 3. The Morgan fingerprint density at radius 2 is 1.58 bits per heavy atom. The standard InChI is InChI=1S/2C5H13N/c1-5(2)3-4-6;1-4-5(2,3)6/h5H,3-4,6H2,1-2H3;4,6H2,1-3H3. The molecular weight excluding hydrogens is 148 g/mol. The lowest BCUT2D eigenvalue weighted by molar-refractivity contribution is 0.501. The van der Waals surface area contributed by atoms with E-state index in [1.165, 1.54) is 0 Å². The topological polar surface area (TPSA) is 52.0 Å². The highest BCUT2D eigenvalue weighted by Crippen LogP contribution is 1.99. The third-order valence-electron chi connectivity index (χ3n) is 1.66. The van der Waals surface area contributed by atoms with Crippen molar-refractivity contribution in [2.75, 3.05) is 6.54 Å². The minimum atomic E-state index is 0.0417. The van der Waals surface area contributed by atoms with E-state index in [1.807, 2.05) is 13.8 Å². The zero-order valence-corrected chi connectivity index (χ0v) is 9.35. The summed E-state index contributed by atoms with van der Waals surface area (Å²) in [6.07, 6.45) is 2.20. The summed E-state index contributed by atoms with van der Waals surface area (Å²) in [5.41, 5.74) is 10.8. The van der Waals surface area contributed by atoms with E-state index in [1.54, 1.807) is 0 Å². The third kappa shape index (κ3) is 22.5. The lowest BCUT2D eigenvalue weighted by Gasteiger charge is -2.13. The summed E-state index contributed by atoms with van der Waals surface area (Å²) in [7, 11) is 0. The SMILES string of the molecule is CC(C)CCN.CCC(C)(C)N. The van der Waals surface area contributed by atoms with E-state index in [2.05, 4.69) is 20.8 Å². The Labute approximate surface area is 77.7 Å². The second-order valence-corrected chi connectivity index (χ2v) is 4.31. The molecule has 2 nitrogen and oxygen atoms in total. The average Bonchev–Trinajstić information content (AvgIpc) is 1.87. The molecule has 0 aromatic carbocycles. The normalized spacial score (nSPS) is 11.0. The van der Waals surface area contributed by atoms with Gasteiger partial charge in [0.05, 0.1) is 0 Å². The molecule has 0 saturated heterocycles. The van der Waals surface area contributed by atoms with Crippen molar-refractivity contribution in [1.82, 2.24) is 0 Å². The highest BCUT2D eigenvalue weighted by atomic mass is 14.7. The van der Waals surface area contributed by atoms with Crippen LogP contribution in [0.2, 0.25) is 0 Å². The number of nitrogens with two attached hydrogens (primary N) is 2. The van der Waals surface area contributed by atoms with Crippen molar-refractivity contribution in [3.05, 3.63) is 0 Å². The first-order valence-corrected chi connectivity index (χ1v) is 4.82. The van der Waals surface area contributed by atoms with E-state index in [-0.39, 0.29) is 5.54 Å². The number of hydrogen-bond donors (Lipinski definition) is 2. The summed E-state index contributed by atoms with van der Waals surface area (Å²) >= 11 is 0. The minimum Gasteiger partial charge on any atom is -0.330 e. The Morgan fingerprint density at radius 1 is 1.25 bits per heavy atom. The van der Waals surface area contributed by atoms with Gasteiger partial charge in [-0.3, -0.25) is 0 Å². The first-order chi connectivity index (χ1) is 5.33. The van der Waals surface area contributed by atoms with Crippen molar-refractivity contribution in [3.63, 3.8) is 0 Å². The molecule has 0 aromatic rings. The molecule has 0 atom stereocenters. The van der Waals surface area contributed by atoms with Crippen LogP contribution in [-0.2, 0) is 0 Å². The second kappa shape index (κ2) is 7.56. The summed E-state index contributed by atoms with van der Waals surface area (Å²) in [5, 5.41) is 0. The van der Waals surface area contributed by atoms with Gasteiger partial charge in [0.2, 0.25) is 0 Å². The monoisotopic (exact) mass is 174 g/mol. The molecule has 0 radical (unpaired) electrons. The molecule has 4 N–H and O–H groups in total. The van der Waals surface area contributed by atoms with E-state index < -0.39 is 0 Å². The van der Waals surface area contributed by atoms with Crippen LogP contribution >= 0.6 is 0 Å². The van der Waals surface area contributed by atoms with Crippen LogP contribution < -0.4 is 11.5 Å². The van der Waals surface area contributed by atoms with Gasteiger partial charge in [-0.15, -0.1) is 0 Å². The lowest BCUT2D eigenvalue weighted by atomic mass is 10.1. The van der Waals surface area contributed by atoms with Crippen LogP contribution in [-0.4, -0.2) is 12.1 Å². The molecule has 0 rings (SSSR count). The molecule has 12 heavy (non-hydrogen) atoms. The van der Waals surface area contributed by atoms with Gasteiger partial charge in [0.1, 0.15) is 0 Å². The summed E-state index contributed by atoms with van der Waals surface area (Å²) < 4.78 is 0. The molecule has 0 aromatic heterocycles. The molecule has 0 spiro atoms. The van der Waals surface area contributed by atoms with Crippen LogP contribution in [0.25, 0.3) is 0 Å². The maximum atomic E-state index is 5.53. The highest BCUT2D eigenvalue weighted by molar-refractivity contribution is 4.66. The highest BCUT2D eigenvalue weighted by Gasteiger charge is 2.03. The Balaban J connectivity index is 0. The quantitative estimate of drug-likeness (QED) is 0.688. The van der Waals surface area contributed by atoms with Gasteiger partial charge in [-0.25, -0.2) is 0 Å². The molecule has 76 valence electrons. The van der Waals surface area contributed by atoms with Gasteiger partial charge in [-0.05, 0) is 39.2 Å². The molecule has 0 bridgehead atoms. The molecule has 2 heteroatoms. The van der Waals surface area contributed by atoms with Gasteiger partial charge in [0.15, 0.2) is 0 Å². The Bertz CT molecular complexity index is 82.3. The predicted octanol–water partition coefficient (Wildman–Crippen LogP) is 2.12. The molecule has 0 aliphatic heterocycles. The van der Waals surface area contributed by atoms with E-state index >= 15 is 0 Å². The van der Waals surface area contributed by atoms with Crippen molar-refractivity contribution in [2.45, 2.75) is 53.0 Å². The van der Waals surface area contributed by atoms with E-state index in [0.717, 1.165) is 25.3 Å². The second-order valence-electron chi connectivity index (χ2n) is 4.31. The van der Waals surface area contributed by atoms with Crippen LogP contribution in [0.1, 0.15) is 47.5 Å². The van der Waals surface area contributed by atoms with Crippen LogP contribution in [0.4, 0.5) is 0 Å². The minimum absolute atomic E-state index is 0.0417. The van der Waals surface area contributed by atoms with E-state index in [9.17, 15) is 0 Å². The fourth-order valence-corrected chi connectivity index (χ4v) is 0.333. The maximum absolute atomic E-state index is 5.53. The molecule has 0 heterocycles. The fraction of sp³-hybridized carbons (Fsp3) is 1.00. The summed E-state index contributed by atoms with van der Waals surface area (Å²) in [5.74, 6) is 0.773. The zero-order valence-electron chi connectivity index (χ0n) is 9.35. The molecule has 0 saturated carbocycles. The first-order valence-electron chi connectivity index (χ1n) is 4.82. The van der Waals surface area contributed by atoms with Crippen molar-refractivity contribution < 1.29 is 0 Å². The van der Waals surface area contributed by atoms with Gasteiger partial charge in [0.25, 0.3) is 0 Å². The van der Waals surface area contributed by atoms with Gasteiger partial charge >= 0.3 is 0 Å². The molecule has 0 unspecified atom stereocenters. The van der Waals surface area contributed by atoms with Crippen LogP contribution in [0, 0.1) is 5.92 Å². The van der Waals surface area contributed by atoms with Crippen molar-refractivity contribution >= 4 is 0 Å². The van der Waals surface area contributed by atoms with Crippen LogP contribution in [0.5, 0.6) is 0 Å². The van der Waals surface area contributed by atoms with Gasteiger partial charge in [-0.1, -0.05) is 20.8 Å². The van der Waals surface area contributed by atoms with Gasteiger partial charge in [-0.2, -0.15) is 0 Å². The molecule has 0 fully saturated rings. The smallest absolute Gasteiger partial charge is 0.00944 e. The Hall–Kier alpha value is -0.0800. The van der Waals surface area contributed by atoms with Crippen molar-refractivity contribution in [1.29, 1.82) is 0 Å². The molecule has 0 aliphatic carbocycles. The number of hydrogen-bond acceptors (Lipinski definition) is 2. The predicted molar refractivity (Wildman–Crippen MR) is 57.1 cm³/mol. The van der Waals surface area contributed by atoms with Crippen molar-refractivity contribution in [3.8, 4) is 0 Å². The fourth-order valence-electron chi connectivity index (χ4n) is 0.333. The maximum Gasteiger partial charge on any atom is 0.00944 e. The van der Waals surface area contributed by atoms with E-state index in [4.69, 9.17) is 11.5 Å². The molecular formula is C10H26N2. The van der Waals surface area contributed by atoms with Gasteiger partial charge in [0, 0.05) is 5.54 Å². The first kappa shape index (κ1) is 14.4. The Kier molecular flexibility index (Phi) is 9.10. The zero-order chi connectivity index (χ0) is 10.2. The van der Waals surface area contributed by atoms with Gasteiger partial charge < -0.3 is 11.5 Å². The summed E-state index contributed by atoms with van der Waals surface area (Å²) in [4.78, 5) is 0. The Morgan fingerprint density at radius 3 is 1.58 bits per heavy atom. The molecule has 0 amide bonds. The summed E-state index contributed by atoms with van der Waals surface area (Å²) in [6.45, 7) is 11.3. The van der Waals surface area contributed by atoms with Crippen molar-refractivity contribution in [2.24, 2.45) is 17.4 Å². The molecule has 0 aliphatic rings. The lowest BCUT2D eigenvalue weighted by Crippen LogP contribution is -2.30. The average molecular weight is 174 g/mol. The van der Waals surface area contributed by atoms with Crippen LogP contribution in [0.3, 0.4) is 0 Å². The largest absolute Gasteiger partial charge is 0.330 e.